The highest BCUT2D eigenvalue weighted by Gasteiger charge is 2.25. The summed E-state index contributed by atoms with van der Waals surface area (Å²) in [7, 11) is 0. The second-order valence-corrected chi connectivity index (χ2v) is 4.18. The van der Waals surface area contributed by atoms with Crippen LogP contribution in [0.2, 0.25) is 0 Å². The van der Waals surface area contributed by atoms with Gasteiger partial charge in [-0.15, -0.1) is 5.10 Å². The van der Waals surface area contributed by atoms with E-state index >= 15 is 0 Å². The monoisotopic (exact) mass is 233 g/mol. The molecule has 2 heterocycles. The summed E-state index contributed by atoms with van der Waals surface area (Å²) < 4.78 is 5.46. The van der Waals surface area contributed by atoms with Gasteiger partial charge in [-0.05, 0) is 39.0 Å². The van der Waals surface area contributed by atoms with Gasteiger partial charge in [-0.1, -0.05) is 0 Å². The number of aryl methyl sites for hydroxylation is 1. The fourth-order valence-corrected chi connectivity index (χ4v) is 1.52. The molecule has 0 radical (unpaired) electrons. The van der Waals surface area contributed by atoms with E-state index in [9.17, 15) is 4.79 Å². The van der Waals surface area contributed by atoms with Crippen LogP contribution in [0.25, 0.3) is 6.08 Å². The molecule has 1 amide bonds. The maximum atomic E-state index is 11.6. The predicted octanol–water partition coefficient (Wildman–Crippen LogP) is 1.57. The van der Waals surface area contributed by atoms with Crippen LogP contribution >= 0.6 is 0 Å². The van der Waals surface area contributed by atoms with Gasteiger partial charge >= 0.3 is 0 Å². The molecule has 0 unspecified atom stereocenters. The molecule has 0 spiro atoms. The zero-order valence-electron chi connectivity index (χ0n) is 10.1. The Morgan fingerprint density at radius 1 is 1.41 bits per heavy atom. The van der Waals surface area contributed by atoms with Crippen LogP contribution in [-0.4, -0.2) is 22.9 Å². The number of carbonyl (C=O) groups is 1. The lowest BCUT2D eigenvalue weighted by atomic mass is 10.2. The largest absolute Gasteiger partial charge is 0.473 e. The summed E-state index contributed by atoms with van der Waals surface area (Å²) in [6.07, 6.45) is 1.71. The zero-order valence-corrected chi connectivity index (χ0v) is 10.1. The zero-order chi connectivity index (χ0) is 12.4. The highest BCUT2D eigenvalue weighted by molar-refractivity contribution is 6.24. The van der Waals surface area contributed by atoms with E-state index in [1.54, 1.807) is 6.08 Å². The van der Waals surface area contributed by atoms with Gasteiger partial charge < -0.3 is 9.72 Å². The fraction of sp³-hybridized carbons (Fsp3) is 0.333. The van der Waals surface area contributed by atoms with Gasteiger partial charge in [-0.3, -0.25) is 4.79 Å². The van der Waals surface area contributed by atoms with Crippen LogP contribution in [0, 0.1) is 6.92 Å². The van der Waals surface area contributed by atoms with Gasteiger partial charge in [0.2, 0.25) is 5.90 Å². The lowest BCUT2D eigenvalue weighted by Crippen LogP contribution is -2.16. The van der Waals surface area contributed by atoms with Crippen LogP contribution < -0.4 is 5.43 Å². The van der Waals surface area contributed by atoms with Crippen molar-refractivity contribution in [3.63, 3.8) is 0 Å². The Balaban J connectivity index is 2.26. The van der Waals surface area contributed by atoms with Crippen LogP contribution in [0.3, 0.4) is 0 Å². The predicted molar refractivity (Wildman–Crippen MR) is 65.3 cm³/mol. The van der Waals surface area contributed by atoms with Crippen LogP contribution in [0.5, 0.6) is 0 Å². The quantitative estimate of drug-likeness (QED) is 0.761. The van der Waals surface area contributed by atoms with Crippen molar-refractivity contribution in [1.82, 2.24) is 10.4 Å². The summed E-state index contributed by atoms with van der Waals surface area (Å²) in [6.45, 7) is 5.74. The number of carbonyl (C=O) groups excluding carboxylic acids is 1. The highest BCUT2D eigenvalue weighted by atomic mass is 16.5. The van der Waals surface area contributed by atoms with Crippen molar-refractivity contribution in [3.05, 3.63) is 29.1 Å². The molecule has 1 aliphatic rings. The van der Waals surface area contributed by atoms with E-state index < -0.39 is 0 Å². The molecule has 2 N–H and O–H groups in total. The minimum absolute atomic E-state index is 0.0183. The SMILES string of the molecule is Cc1ccc(C=C2C(=O)NN=C2OC(C)C)[nH]1. The lowest BCUT2D eigenvalue weighted by Gasteiger charge is -2.08. The second-order valence-electron chi connectivity index (χ2n) is 4.18. The van der Waals surface area contributed by atoms with Crippen molar-refractivity contribution < 1.29 is 9.53 Å². The Bertz CT molecular complexity index is 498. The standard InChI is InChI=1S/C12H15N3O2/c1-7(2)17-12-10(11(16)14-15-12)6-9-5-4-8(3)13-9/h4-7,13H,1-3H3,(H,14,16). The molecule has 90 valence electrons. The van der Waals surface area contributed by atoms with E-state index in [0.29, 0.717) is 11.5 Å². The summed E-state index contributed by atoms with van der Waals surface area (Å²) >= 11 is 0. The van der Waals surface area contributed by atoms with Crippen LogP contribution in [-0.2, 0) is 9.53 Å². The summed E-state index contributed by atoms with van der Waals surface area (Å²) in [5, 5.41) is 3.85. The first-order valence-electron chi connectivity index (χ1n) is 5.48. The number of hydrogen-bond acceptors (Lipinski definition) is 3. The third kappa shape index (κ3) is 2.55. The number of hydrogen-bond donors (Lipinski definition) is 2. The van der Waals surface area contributed by atoms with E-state index in [1.807, 2.05) is 32.9 Å². The van der Waals surface area contributed by atoms with E-state index in [4.69, 9.17) is 4.74 Å². The van der Waals surface area contributed by atoms with Gasteiger partial charge in [0, 0.05) is 11.4 Å². The van der Waals surface area contributed by atoms with Gasteiger partial charge in [0.15, 0.2) is 0 Å². The minimum atomic E-state index is -0.243. The number of aromatic amines is 1. The molecule has 0 saturated heterocycles. The molecule has 1 aromatic heterocycles. The van der Waals surface area contributed by atoms with E-state index in [-0.39, 0.29) is 12.0 Å². The Morgan fingerprint density at radius 2 is 2.18 bits per heavy atom. The van der Waals surface area contributed by atoms with Crippen LogP contribution in [0.15, 0.2) is 22.8 Å². The van der Waals surface area contributed by atoms with E-state index in [1.165, 1.54) is 0 Å². The molecular formula is C12H15N3O2. The minimum Gasteiger partial charge on any atom is -0.473 e. The molecule has 1 aliphatic heterocycles. The molecule has 5 nitrogen and oxygen atoms in total. The summed E-state index contributed by atoms with van der Waals surface area (Å²) in [5.41, 5.74) is 4.74. The smallest absolute Gasteiger partial charge is 0.277 e. The molecule has 0 saturated carbocycles. The Hall–Kier alpha value is -2.04. The van der Waals surface area contributed by atoms with Gasteiger partial charge in [0.1, 0.15) is 5.57 Å². The second kappa shape index (κ2) is 4.45. The summed E-state index contributed by atoms with van der Waals surface area (Å²) in [4.78, 5) is 14.7. The average molecular weight is 233 g/mol. The molecule has 0 atom stereocenters. The maximum absolute atomic E-state index is 11.6. The molecule has 1 aromatic rings. The molecule has 0 fully saturated rings. The number of amides is 1. The van der Waals surface area contributed by atoms with Crippen molar-refractivity contribution in [2.24, 2.45) is 5.10 Å². The molecule has 17 heavy (non-hydrogen) atoms. The Kier molecular flexibility index (Phi) is 2.99. The number of rotatable bonds is 2. The normalized spacial score (nSPS) is 17.5. The Morgan fingerprint density at radius 3 is 2.76 bits per heavy atom. The lowest BCUT2D eigenvalue weighted by molar-refractivity contribution is -0.116. The van der Waals surface area contributed by atoms with Crippen LogP contribution in [0.1, 0.15) is 25.2 Å². The van der Waals surface area contributed by atoms with Gasteiger partial charge in [-0.2, -0.15) is 0 Å². The number of hydrazone groups is 1. The maximum Gasteiger partial charge on any atom is 0.277 e. The number of aromatic nitrogens is 1. The first-order valence-corrected chi connectivity index (χ1v) is 5.48. The van der Waals surface area contributed by atoms with Crippen molar-refractivity contribution in [3.8, 4) is 0 Å². The molecule has 0 aromatic carbocycles. The van der Waals surface area contributed by atoms with Crippen molar-refractivity contribution in [2.45, 2.75) is 26.9 Å². The van der Waals surface area contributed by atoms with Crippen molar-refractivity contribution in [1.29, 1.82) is 0 Å². The molecule has 5 heteroatoms. The van der Waals surface area contributed by atoms with E-state index in [2.05, 4.69) is 15.5 Å². The topological polar surface area (TPSA) is 66.5 Å². The molecule has 2 rings (SSSR count). The summed E-state index contributed by atoms with van der Waals surface area (Å²) in [6, 6.07) is 3.85. The van der Waals surface area contributed by atoms with Gasteiger partial charge in [0.25, 0.3) is 5.91 Å². The number of nitrogens with one attached hydrogen (secondary N) is 2. The third-order valence-corrected chi connectivity index (χ3v) is 2.24. The van der Waals surface area contributed by atoms with Crippen molar-refractivity contribution >= 4 is 17.9 Å². The first-order chi connectivity index (χ1) is 8.06. The van der Waals surface area contributed by atoms with Gasteiger partial charge in [0.05, 0.1) is 6.10 Å². The Labute approximate surface area is 99.6 Å². The van der Waals surface area contributed by atoms with Crippen molar-refractivity contribution in [2.75, 3.05) is 0 Å². The van der Waals surface area contributed by atoms with Gasteiger partial charge in [-0.25, -0.2) is 5.43 Å². The molecular weight excluding hydrogens is 218 g/mol. The van der Waals surface area contributed by atoms with E-state index in [0.717, 1.165) is 11.4 Å². The first kappa shape index (κ1) is 11.4. The number of H-pyrrole nitrogens is 1. The van der Waals surface area contributed by atoms with Crippen LogP contribution in [0.4, 0.5) is 0 Å². The molecule has 0 bridgehead atoms. The fourth-order valence-electron chi connectivity index (χ4n) is 1.52. The number of nitrogens with zero attached hydrogens (tertiary/aromatic N) is 1. The summed E-state index contributed by atoms with van der Waals surface area (Å²) in [5.74, 6) is 0.102. The average Bonchev–Trinajstić information content (AvgIpc) is 2.78. The number of ether oxygens (including phenoxy) is 1. The molecule has 0 aliphatic carbocycles. The third-order valence-electron chi connectivity index (χ3n) is 2.24. The highest BCUT2D eigenvalue weighted by Crippen LogP contribution is 2.14.